The van der Waals surface area contributed by atoms with Gasteiger partial charge in [0, 0.05) is 6.61 Å². The Morgan fingerprint density at radius 3 is 2.50 bits per heavy atom. The van der Waals surface area contributed by atoms with Crippen LogP contribution in [0.1, 0.15) is 86.0 Å². The molecule has 1 aliphatic carbocycles. The van der Waals surface area contributed by atoms with Crippen molar-refractivity contribution in [2.45, 2.75) is 104 Å². The van der Waals surface area contributed by atoms with E-state index in [0.29, 0.717) is 10.5 Å². The van der Waals surface area contributed by atoms with Gasteiger partial charge in [-0.3, -0.25) is 0 Å². The zero-order chi connectivity index (χ0) is 16.9. The van der Waals surface area contributed by atoms with Crippen molar-refractivity contribution in [2.24, 2.45) is 5.41 Å². The Hall–Kier alpha value is -0.0831. The molecule has 0 heterocycles. The summed E-state index contributed by atoms with van der Waals surface area (Å²) in [5, 5.41) is 0.334. The molecule has 0 amide bonds. The minimum absolute atomic E-state index is 0.334. The topological polar surface area (TPSA) is 9.23 Å². The van der Waals surface area contributed by atoms with Gasteiger partial charge in [0.05, 0.1) is 0 Å². The number of hydrogen-bond donors (Lipinski definition) is 0. The van der Waals surface area contributed by atoms with E-state index in [1.165, 1.54) is 51.4 Å². The summed E-state index contributed by atoms with van der Waals surface area (Å²) in [6.07, 6.45) is 13.2. The fourth-order valence-electron chi connectivity index (χ4n) is 3.29. The maximum atomic E-state index is 6.31. The fourth-order valence-corrected chi connectivity index (χ4v) is 4.38. The molecule has 0 N–H and O–H groups in total. The van der Waals surface area contributed by atoms with Crippen LogP contribution in [-0.2, 0) is 4.43 Å². The molecule has 1 nitrogen and oxygen atoms in total. The number of unbranched alkanes of at least 4 members (excludes halogenated alkanes) is 1. The normalized spacial score (nSPS) is 27.0. The van der Waals surface area contributed by atoms with E-state index in [4.69, 9.17) is 4.43 Å². The van der Waals surface area contributed by atoms with Gasteiger partial charge in [-0.25, -0.2) is 0 Å². The molecular weight excluding hydrogens is 284 g/mol. The van der Waals surface area contributed by atoms with Crippen LogP contribution in [0.5, 0.6) is 0 Å². The van der Waals surface area contributed by atoms with E-state index in [-0.39, 0.29) is 0 Å². The Kier molecular flexibility index (Phi) is 7.39. The van der Waals surface area contributed by atoms with Crippen LogP contribution in [0, 0.1) is 5.41 Å². The monoisotopic (exact) mass is 324 g/mol. The van der Waals surface area contributed by atoms with Gasteiger partial charge in [0.25, 0.3) is 0 Å². The van der Waals surface area contributed by atoms with Crippen LogP contribution in [0.15, 0.2) is 11.6 Å². The van der Waals surface area contributed by atoms with Crippen LogP contribution in [0.2, 0.25) is 18.1 Å². The molecule has 0 aromatic rings. The van der Waals surface area contributed by atoms with Crippen molar-refractivity contribution in [2.75, 3.05) is 6.61 Å². The molecule has 0 saturated heterocycles. The summed E-state index contributed by atoms with van der Waals surface area (Å²) in [7, 11) is -1.55. The first-order chi connectivity index (χ1) is 10.1. The standard InChI is InChI=1S/C20H40OSi/c1-18-13-9-8-10-14-20(5,17-18)15-11-12-16-21-22(6,7)19(2,3)4/h13H,8-12,14-17H2,1-7H3/b18-13-. The maximum absolute atomic E-state index is 6.31. The van der Waals surface area contributed by atoms with E-state index >= 15 is 0 Å². The Bertz CT molecular complexity index is 364. The summed E-state index contributed by atoms with van der Waals surface area (Å²) >= 11 is 0. The van der Waals surface area contributed by atoms with E-state index in [2.05, 4.69) is 53.8 Å². The first kappa shape index (κ1) is 20.0. The lowest BCUT2D eigenvalue weighted by Crippen LogP contribution is -2.41. The number of rotatable bonds is 6. The summed E-state index contributed by atoms with van der Waals surface area (Å²) in [6.45, 7) is 17.5. The van der Waals surface area contributed by atoms with Crippen molar-refractivity contribution in [3.8, 4) is 0 Å². The molecule has 0 fully saturated rings. The van der Waals surface area contributed by atoms with Crippen LogP contribution >= 0.6 is 0 Å². The van der Waals surface area contributed by atoms with E-state index in [1.54, 1.807) is 5.57 Å². The molecule has 1 aliphatic rings. The number of hydrogen-bond acceptors (Lipinski definition) is 1. The minimum atomic E-state index is -1.55. The van der Waals surface area contributed by atoms with E-state index in [9.17, 15) is 0 Å². The zero-order valence-electron chi connectivity index (χ0n) is 16.3. The summed E-state index contributed by atoms with van der Waals surface area (Å²) in [4.78, 5) is 0. The van der Waals surface area contributed by atoms with Gasteiger partial charge < -0.3 is 4.43 Å². The van der Waals surface area contributed by atoms with Gasteiger partial charge in [-0.2, -0.15) is 0 Å². The molecular formula is C20H40OSi. The van der Waals surface area contributed by atoms with Gasteiger partial charge in [0.1, 0.15) is 0 Å². The van der Waals surface area contributed by atoms with E-state index in [0.717, 1.165) is 6.61 Å². The molecule has 130 valence electrons. The largest absolute Gasteiger partial charge is 0.417 e. The van der Waals surface area contributed by atoms with Gasteiger partial charge in [0.15, 0.2) is 8.32 Å². The molecule has 2 heteroatoms. The third kappa shape index (κ3) is 6.58. The molecule has 0 bridgehead atoms. The summed E-state index contributed by atoms with van der Waals surface area (Å²) in [5.41, 5.74) is 2.14. The first-order valence-electron chi connectivity index (χ1n) is 9.35. The lowest BCUT2D eigenvalue weighted by atomic mass is 9.74. The van der Waals surface area contributed by atoms with Crippen molar-refractivity contribution >= 4 is 8.32 Å². The summed E-state index contributed by atoms with van der Waals surface area (Å²) < 4.78 is 6.31. The quantitative estimate of drug-likeness (QED) is 0.288. The van der Waals surface area contributed by atoms with Crippen LogP contribution < -0.4 is 0 Å². The second kappa shape index (κ2) is 8.15. The molecule has 1 atom stereocenters. The summed E-state index contributed by atoms with van der Waals surface area (Å²) in [6, 6.07) is 0. The lowest BCUT2D eigenvalue weighted by Gasteiger charge is -2.36. The predicted octanol–water partition coefficient (Wildman–Crippen LogP) is 7.10. The van der Waals surface area contributed by atoms with Crippen LogP contribution in [0.3, 0.4) is 0 Å². The Balaban J connectivity index is 2.34. The van der Waals surface area contributed by atoms with Crippen LogP contribution in [-0.4, -0.2) is 14.9 Å². The zero-order valence-corrected chi connectivity index (χ0v) is 17.3. The average Bonchev–Trinajstić information content (AvgIpc) is 2.34. The van der Waals surface area contributed by atoms with Crippen molar-refractivity contribution in [1.29, 1.82) is 0 Å². The highest BCUT2D eigenvalue weighted by Gasteiger charge is 2.36. The molecule has 1 unspecified atom stereocenters. The van der Waals surface area contributed by atoms with Crippen LogP contribution in [0.4, 0.5) is 0 Å². The molecule has 0 aromatic carbocycles. The van der Waals surface area contributed by atoms with E-state index < -0.39 is 8.32 Å². The fraction of sp³-hybridized carbons (Fsp3) is 0.900. The van der Waals surface area contributed by atoms with E-state index in [1.807, 2.05) is 0 Å². The van der Waals surface area contributed by atoms with Gasteiger partial charge in [0.2, 0.25) is 0 Å². The van der Waals surface area contributed by atoms with Gasteiger partial charge in [-0.15, -0.1) is 0 Å². The Morgan fingerprint density at radius 1 is 1.18 bits per heavy atom. The van der Waals surface area contributed by atoms with Crippen LogP contribution in [0.25, 0.3) is 0 Å². The molecule has 0 spiro atoms. The highest BCUT2D eigenvalue weighted by Crippen LogP contribution is 2.39. The molecule has 0 radical (unpaired) electrons. The molecule has 1 rings (SSSR count). The highest BCUT2D eigenvalue weighted by molar-refractivity contribution is 6.74. The maximum Gasteiger partial charge on any atom is 0.191 e. The molecule has 0 aliphatic heterocycles. The number of allylic oxidation sites excluding steroid dienone is 2. The van der Waals surface area contributed by atoms with Crippen molar-refractivity contribution < 1.29 is 4.43 Å². The average molecular weight is 325 g/mol. The second-order valence-corrected chi connectivity index (χ2v) is 14.2. The third-order valence-electron chi connectivity index (χ3n) is 5.88. The second-order valence-electron chi connectivity index (χ2n) is 9.35. The highest BCUT2D eigenvalue weighted by atomic mass is 28.4. The van der Waals surface area contributed by atoms with Gasteiger partial charge >= 0.3 is 0 Å². The third-order valence-corrected chi connectivity index (χ3v) is 10.4. The predicted molar refractivity (Wildman–Crippen MR) is 102 cm³/mol. The molecule has 0 saturated carbocycles. The van der Waals surface area contributed by atoms with Gasteiger partial charge in [-0.05, 0) is 69.0 Å². The SMILES string of the molecule is C/C1=C/CCCCC(C)(CCCCO[Si](C)(C)C(C)(C)C)C1. The first-order valence-corrected chi connectivity index (χ1v) is 12.3. The van der Waals surface area contributed by atoms with Crippen molar-refractivity contribution in [3.63, 3.8) is 0 Å². The molecule has 22 heavy (non-hydrogen) atoms. The summed E-state index contributed by atoms with van der Waals surface area (Å²) in [5.74, 6) is 0. The molecule has 0 aromatic heterocycles. The van der Waals surface area contributed by atoms with Gasteiger partial charge in [-0.1, -0.05) is 52.2 Å². The van der Waals surface area contributed by atoms with Crippen molar-refractivity contribution in [1.82, 2.24) is 0 Å². The Morgan fingerprint density at radius 2 is 1.86 bits per heavy atom. The Labute approximate surface area is 141 Å². The van der Waals surface area contributed by atoms with Crippen molar-refractivity contribution in [3.05, 3.63) is 11.6 Å². The minimum Gasteiger partial charge on any atom is -0.417 e. The lowest BCUT2D eigenvalue weighted by molar-refractivity contribution is 0.227. The smallest absolute Gasteiger partial charge is 0.191 e.